The molecule has 0 saturated carbocycles. The van der Waals surface area contributed by atoms with E-state index in [1.807, 2.05) is 36.4 Å². The SMILES string of the molecule is Sc1cccc(-c2nc3ncccc3o2)c1. The average molecular weight is 228 g/mol. The van der Waals surface area contributed by atoms with E-state index in [1.165, 1.54) is 0 Å². The van der Waals surface area contributed by atoms with Crippen LogP contribution in [0.1, 0.15) is 0 Å². The smallest absolute Gasteiger partial charge is 0.228 e. The van der Waals surface area contributed by atoms with Crippen LogP contribution in [0.25, 0.3) is 22.7 Å². The van der Waals surface area contributed by atoms with Crippen molar-refractivity contribution >= 4 is 23.9 Å². The Morgan fingerprint density at radius 1 is 1.12 bits per heavy atom. The molecule has 0 aliphatic carbocycles. The molecule has 0 N–H and O–H groups in total. The van der Waals surface area contributed by atoms with E-state index in [-0.39, 0.29) is 0 Å². The maximum atomic E-state index is 5.60. The van der Waals surface area contributed by atoms with Gasteiger partial charge in [0, 0.05) is 16.7 Å². The number of pyridine rings is 1. The number of benzene rings is 1. The Labute approximate surface area is 97.6 Å². The number of fused-ring (bicyclic) bond motifs is 1. The number of nitrogens with zero attached hydrogens (tertiary/aromatic N) is 2. The zero-order chi connectivity index (χ0) is 11.0. The van der Waals surface area contributed by atoms with Crippen LogP contribution in [-0.2, 0) is 0 Å². The van der Waals surface area contributed by atoms with Gasteiger partial charge in [0.15, 0.2) is 11.2 Å². The molecule has 4 heteroatoms. The predicted molar refractivity (Wildman–Crippen MR) is 64.5 cm³/mol. The number of hydrogen-bond acceptors (Lipinski definition) is 4. The zero-order valence-corrected chi connectivity index (χ0v) is 9.19. The van der Waals surface area contributed by atoms with Gasteiger partial charge in [-0.3, -0.25) is 0 Å². The van der Waals surface area contributed by atoms with Crippen molar-refractivity contribution in [2.45, 2.75) is 4.90 Å². The topological polar surface area (TPSA) is 38.9 Å². The second kappa shape index (κ2) is 3.64. The first-order chi connectivity index (χ1) is 7.83. The van der Waals surface area contributed by atoms with Crippen LogP contribution in [0.4, 0.5) is 0 Å². The summed E-state index contributed by atoms with van der Waals surface area (Å²) in [6.07, 6.45) is 1.70. The van der Waals surface area contributed by atoms with Crippen molar-refractivity contribution < 1.29 is 4.42 Å². The van der Waals surface area contributed by atoms with Crippen molar-refractivity contribution in [3.05, 3.63) is 42.6 Å². The van der Waals surface area contributed by atoms with Crippen LogP contribution in [0.3, 0.4) is 0 Å². The summed E-state index contributed by atoms with van der Waals surface area (Å²) in [5.41, 5.74) is 2.23. The summed E-state index contributed by atoms with van der Waals surface area (Å²) in [6.45, 7) is 0. The van der Waals surface area contributed by atoms with Crippen LogP contribution < -0.4 is 0 Å². The molecule has 0 saturated heterocycles. The van der Waals surface area contributed by atoms with Gasteiger partial charge in [-0.2, -0.15) is 4.98 Å². The van der Waals surface area contributed by atoms with Crippen molar-refractivity contribution in [2.75, 3.05) is 0 Å². The molecule has 3 rings (SSSR count). The molecular weight excluding hydrogens is 220 g/mol. The summed E-state index contributed by atoms with van der Waals surface area (Å²) >= 11 is 4.28. The third-order valence-corrected chi connectivity index (χ3v) is 2.54. The summed E-state index contributed by atoms with van der Waals surface area (Å²) in [5, 5.41) is 0. The molecule has 3 nitrogen and oxygen atoms in total. The molecular formula is C12H8N2OS. The maximum absolute atomic E-state index is 5.60. The van der Waals surface area contributed by atoms with Crippen LogP contribution in [0.5, 0.6) is 0 Å². The second-order valence-corrected chi connectivity index (χ2v) is 3.91. The molecule has 3 aromatic rings. The van der Waals surface area contributed by atoms with E-state index in [0.717, 1.165) is 10.5 Å². The Morgan fingerprint density at radius 3 is 2.88 bits per heavy atom. The van der Waals surface area contributed by atoms with E-state index in [9.17, 15) is 0 Å². The fourth-order valence-corrected chi connectivity index (χ4v) is 1.76. The molecule has 0 aliphatic rings. The second-order valence-electron chi connectivity index (χ2n) is 3.39. The summed E-state index contributed by atoms with van der Waals surface area (Å²) in [7, 11) is 0. The molecule has 78 valence electrons. The van der Waals surface area contributed by atoms with Gasteiger partial charge in [0.05, 0.1) is 0 Å². The summed E-state index contributed by atoms with van der Waals surface area (Å²) in [6, 6.07) is 11.3. The van der Waals surface area contributed by atoms with E-state index >= 15 is 0 Å². The van der Waals surface area contributed by atoms with Crippen molar-refractivity contribution in [2.24, 2.45) is 0 Å². The summed E-state index contributed by atoms with van der Waals surface area (Å²) < 4.78 is 5.60. The first-order valence-corrected chi connectivity index (χ1v) is 5.28. The van der Waals surface area contributed by atoms with Gasteiger partial charge in [-0.1, -0.05) is 6.07 Å². The van der Waals surface area contributed by atoms with Gasteiger partial charge in [-0.05, 0) is 30.3 Å². The van der Waals surface area contributed by atoms with Crippen LogP contribution in [0.15, 0.2) is 51.9 Å². The van der Waals surface area contributed by atoms with E-state index < -0.39 is 0 Å². The van der Waals surface area contributed by atoms with E-state index in [4.69, 9.17) is 4.42 Å². The van der Waals surface area contributed by atoms with Crippen molar-refractivity contribution in [1.29, 1.82) is 0 Å². The van der Waals surface area contributed by atoms with Gasteiger partial charge in [0.2, 0.25) is 5.89 Å². The minimum Gasteiger partial charge on any atom is -0.434 e. The van der Waals surface area contributed by atoms with Crippen LogP contribution in [0.2, 0.25) is 0 Å². The van der Waals surface area contributed by atoms with Crippen molar-refractivity contribution in [3.63, 3.8) is 0 Å². The zero-order valence-electron chi connectivity index (χ0n) is 8.29. The molecule has 0 bridgehead atoms. The third-order valence-electron chi connectivity index (χ3n) is 2.26. The minimum atomic E-state index is 0.574. The molecule has 0 spiro atoms. The molecule has 2 heterocycles. The molecule has 0 aliphatic heterocycles. The highest BCUT2D eigenvalue weighted by molar-refractivity contribution is 7.80. The van der Waals surface area contributed by atoms with Gasteiger partial charge in [-0.25, -0.2) is 4.98 Å². The van der Waals surface area contributed by atoms with Gasteiger partial charge in [0.25, 0.3) is 0 Å². The molecule has 0 amide bonds. The Morgan fingerprint density at radius 2 is 2.06 bits per heavy atom. The Hall–Kier alpha value is -1.81. The highest BCUT2D eigenvalue weighted by atomic mass is 32.1. The normalized spacial score (nSPS) is 10.8. The Kier molecular flexibility index (Phi) is 2.15. The third kappa shape index (κ3) is 1.57. The average Bonchev–Trinajstić information content (AvgIpc) is 2.72. The molecule has 0 unspecified atom stereocenters. The van der Waals surface area contributed by atoms with Crippen molar-refractivity contribution in [3.8, 4) is 11.5 Å². The molecule has 2 aromatic heterocycles. The predicted octanol–water partition coefficient (Wildman–Crippen LogP) is 3.18. The van der Waals surface area contributed by atoms with Gasteiger partial charge in [-0.15, -0.1) is 12.6 Å². The molecule has 0 fully saturated rings. The molecule has 16 heavy (non-hydrogen) atoms. The van der Waals surface area contributed by atoms with Gasteiger partial charge >= 0.3 is 0 Å². The van der Waals surface area contributed by atoms with E-state index in [2.05, 4.69) is 22.6 Å². The Balaban J connectivity index is 2.19. The fourth-order valence-electron chi connectivity index (χ4n) is 1.53. The van der Waals surface area contributed by atoms with E-state index in [0.29, 0.717) is 17.1 Å². The van der Waals surface area contributed by atoms with Crippen LogP contribution in [0, 0.1) is 0 Å². The fraction of sp³-hybridized carbons (Fsp3) is 0. The first kappa shape index (κ1) is 9.42. The number of aromatic nitrogens is 2. The lowest BCUT2D eigenvalue weighted by Crippen LogP contribution is -1.77. The maximum Gasteiger partial charge on any atom is 0.228 e. The molecule has 0 radical (unpaired) electrons. The lowest BCUT2D eigenvalue weighted by molar-refractivity contribution is 0.619. The summed E-state index contributed by atoms with van der Waals surface area (Å²) in [4.78, 5) is 9.32. The summed E-state index contributed by atoms with van der Waals surface area (Å²) in [5.74, 6) is 0.574. The first-order valence-electron chi connectivity index (χ1n) is 4.84. The quantitative estimate of drug-likeness (QED) is 0.650. The number of oxazole rings is 1. The van der Waals surface area contributed by atoms with Crippen LogP contribution in [-0.4, -0.2) is 9.97 Å². The van der Waals surface area contributed by atoms with Gasteiger partial charge in [0.1, 0.15) is 0 Å². The highest BCUT2D eigenvalue weighted by Crippen LogP contribution is 2.24. The van der Waals surface area contributed by atoms with E-state index in [1.54, 1.807) is 6.20 Å². The lowest BCUT2D eigenvalue weighted by atomic mass is 10.2. The van der Waals surface area contributed by atoms with Crippen molar-refractivity contribution in [1.82, 2.24) is 9.97 Å². The number of rotatable bonds is 1. The molecule has 1 aromatic carbocycles. The lowest BCUT2D eigenvalue weighted by Gasteiger charge is -1.95. The van der Waals surface area contributed by atoms with Crippen LogP contribution >= 0.6 is 12.6 Å². The highest BCUT2D eigenvalue weighted by Gasteiger charge is 2.08. The Bertz CT molecular complexity index is 615. The number of thiol groups is 1. The molecule has 0 atom stereocenters. The monoisotopic (exact) mass is 228 g/mol. The number of hydrogen-bond donors (Lipinski definition) is 1. The van der Waals surface area contributed by atoms with Gasteiger partial charge < -0.3 is 4.42 Å². The standard InChI is InChI=1S/C12H8N2OS/c16-9-4-1-3-8(7-9)12-14-11-10(15-12)5-2-6-13-11/h1-7,16H. The largest absolute Gasteiger partial charge is 0.434 e. The minimum absolute atomic E-state index is 0.574.